The molecular formula is C34H40ClF3N2O3SSi. The fraction of sp³-hybridized carbons (Fsp3) is 0.382. The van der Waals surface area contributed by atoms with Crippen molar-refractivity contribution in [1.82, 2.24) is 9.97 Å². The van der Waals surface area contributed by atoms with Crippen LogP contribution in [-0.4, -0.2) is 38.6 Å². The smallest absolute Gasteiger partial charge is 0.192 e. The molecule has 0 unspecified atom stereocenters. The molecule has 0 aliphatic heterocycles. The van der Waals surface area contributed by atoms with Gasteiger partial charge in [-0.2, -0.15) is 0 Å². The average Bonchev–Trinajstić information content (AvgIpc) is 3.49. The van der Waals surface area contributed by atoms with E-state index in [1.165, 1.54) is 25.3 Å². The summed E-state index contributed by atoms with van der Waals surface area (Å²) in [6.45, 7) is 15.0. The van der Waals surface area contributed by atoms with Crippen molar-refractivity contribution in [1.29, 1.82) is 0 Å². The van der Waals surface area contributed by atoms with Gasteiger partial charge in [0.25, 0.3) is 0 Å². The standard InChI is InChI=1S/C34H40ClF3N2O3SSi/c1-33(2,3)45(7,8)43-14-13-42-22-16-27(36)24(28(37)17-22)20-44-31-19-29(38)25(18-23(31)32-39-11-12-40-32)34(4,5)21-9-10-26(35)30(15-21)41-6/h9-12,15-19H,13-14,20H2,1-8H3,(H,39,40). The number of hydrogen-bond donors (Lipinski definition) is 1. The highest BCUT2D eigenvalue weighted by Gasteiger charge is 2.37. The Labute approximate surface area is 274 Å². The van der Waals surface area contributed by atoms with E-state index in [0.717, 1.165) is 17.3 Å². The number of aromatic nitrogens is 2. The molecule has 0 amide bonds. The number of nitrogens with one attached hydrogen (secondary N) is 1. The summed E-state index contributed by atoms with van der Waals surface area (Å²) in [7, 11) is -0.432. The van der Waals surface area contributed by atoms with Crippen LogP contribution in [0.4, 0.5) is 13.2 Å². The van der Waals surface area contributed by atoms with Crippen molar-refractivity contribution >= 4 is 31.7 Å². The van der Waals surface area contributed by atoms with E-state index in [9.17, 15) is 0 Å². The molecule has 3 aromatic carbocycles. The second-order valence-corrected chi connectivity index (χ2v) is 19.1. The summed E-state index contributed by atoms with van der Waals surface area (Å²) < 4.78 is 63.2. The summed E-state index contributed by atoms with van der Waals surface area (Å²) in [6.07, 6.45) is 3.26. The van der Waals surface area contributed by atoms with Crippen LogP contribution in [0.1, 0.15) is 51.3 Å². The zero-order valence-electron chi connectivity index (χ0n) is 26.9. The quantitative estimate of drug-likeness (QED) is 0.0919. The van der Waals surface area contributed by atoms with Crippen LogP contribution in [-0.2, 0) is 15.6 Å². The first-order valence-electron chi connectivity index (χ1n) is 14.6. The Kier molecular flexibility index (Phi) is 10.7. The summed E-state index contributed by atoms with van der Waals surface area (Å²) in [5, 5.41) is 0.501. The average molecular weight is 677 g/mol. The Hall–Kier alpha value is -2.92. The van der Waals surface area contributed by atoms with Gasteiger partial charge in [-0.3, -0.25) is 0 Å². The molecule has 0 atom stereocenters. The lowest BCUT2D eigenvalue weighted by atomic mass is 9.77. The third-order valence-electron chi connectivity index (χ3n) is 8.48. The molecular weight excluding hydrogens is 637 g/mol. The van der Waals surface area contributed by atoms with Crippen LogP contribution < -0.4 is 9.47 Å². The van der Waals surface area contributed by atoms with Gasteiger partial charge in [0.2, 0.25) is 0 Å². The number of thioether (sulfide) groups is 1. The predicted octanol–water partition coefficient (Wildman–Crippen LogP) is 10.2. The molecule has 0 bridgehead atoms. The first-order valence-corrected chi connectivity index (χ1v) is 18.9. The molecule has 0 saturated heterocycles. The number of nitrogens with zero attached hydrogens (tertiary/aromatic N) is 1. The van der Waals surface area contributed by atoms with Gasteiger partial charge >= 0.3 is 0 Å². The van der Waals surface area contributed by atoms with Gasteiger partial charge in [-0.25, -0.2) is 18.2 Å². The van der Waals surface area contributed by atoms with E-state index < -0.39 is 31.2 Å². The Morgan fingerprint density at radius 1 is 0.933 bits per heavy atom. The summed E-state index contributed by atoms with van der Waals surface area (Å²) in [5.74, 6) is -0.929. The second-order valence-electron chi connectivity index (χ2n) is 12.9. The number of imidazole rings is 1. The second kappa shape index (κ2) is 13.8. The molecule has 242 valence electrons. The molecule has 5 nitrogen and oxygen atoms in total. The Morgan fingerprint density at radius 3 is 2.22 bits per heavy atom. The van der Waals surface area contributed by atoms with E-state index in [1.54, 1.807) is 30.6 Å². The van der Waals surface area contributed by atoms with E-state index >= 15 is 13.2 Å². The van der Waals surface area contributed by atoms with Crippen molar-refractivity contribution in [2.24, 2.45) is 0 Å². The lowest BCUT2D eigenvalue weighted by Crippen LogP contribution is -2.41. The number of rotatable bonds is 12. The molecule has 11 heteroatoms. The maximum absolute atomic E-state index is 15.9. The predicted molar refractivity (Wildman–Crippen MR) is 179 cm³/mol. The van der Waals surface area contributed by atoms with E-state index in [2.05, 4.69) is 43.8 Å². The molecule has 0 spiro atoms. The van der Waals surface area contributed by atoms with Gasteiger partial charge in [0.1, 0.15) is 41.4 Å². The van der Waals surface area contributed by atoms with Crippen molar-refractivity contribution < 1.29 is 27.1 Å². The van der Waals surface area contributed by atoms with Gasteiger partial charge in [0, 0.05) is 51.7 Å². The molecule has 1 aromatic heterocycles. The first kappa shape index (κ1) is 34.9. The van der Waals surface area contributed by atoms with Gasteiger partial charge in [-0.05, 0) is 53.5 Å². The van der Waals surface area contributed by atoms with Gasteiger partial charge in [-0.15, -0.1) is 11.8 Å². The van der Waals surface area contributed by atoms with Gasteiger partial charge in [0.15, 0.2) is 8.32 Å². The van der Waals surface area contributed by atoms with Crippen molar-refractivity contribution in [3.05, 3.63) is 94.0 Å². The SMILES string of the molecule is COc1cc(C(C)(C)c2cc(-c3ncc[nH]3)c(SCc3c(F)cc(OCCO[Si](C)(C)C(C)(C)C)cc3F)cc2F)ccc1Cl. The number of hydrogen-bond acceptors (Lipinski definition) is 5. The molecule has 1 heterocycles. The number of ether oxygens (including phenoxy) is 2. The number of methoxy groups -OCH3 is 1. The molecule has 0 radical (unpaired) electrons. The van der Waals surface area contributed by atoms with Crippen molar-refractivity contribution in [3.63, 3.8) is 0 Å². The topological polar surface area (TPSA) is 56.4 Å². The van der Waals surface area contributed by atoms with Crippen LogP contribution in [0.3, 0.4) is 0 Å². The monoisotopic (exact) mass is 676 g/mol. The van der Waals surface area contributed by atoms with Crippen LogP contribution in [0.5, 0.6) is 11.5 Å². The molecule has 45 heavy (non-hydrogen) atoms. The van der Waals surface area contributed by atoms with Crippen LogP contribution in [0, 0.1) is 17.5 Å². The minimum Gasteiger partial charge on any atom is -0.495 e. The minimum absolute atomic E-state index is 0.0472. The minimum atomic E-state index is -1.96. The van der Waals surface area contributed by atoms with Gasteiger partial charge in [0.05, 0.1) is 18.7 Å². The van der Waals surface area contributed by atoms with Crippen molar-refractivity contribution in [3.8, 4) is 22.9 Å². The fourth-order valence-electron chi connectivity index (χ4n) is 4.58. The Morgan fingerprint density at radius 2 is 1.62 bits per heavy atom. The fourth-order valence-corrected chi connectivity index (χ4v) is 6.87. The number of aromatic amines is 1. The summed E-state index contributed by atoms with van der Waals surface area (Å²) in [6, 6.07) is 10.8. The Bertz CT molecular complexity index is 1620. The zero-order chi connectivity index (χ0) is 33.2. The third-order valence-corrected chi connectivity index (χ3v) is 14.4. The lowest BCUT2D eigenvalue weighted by molar-refractivity contribution is 0.202. The third kappa shape index (κ3) is 7.91. The first-order chi connectivity index (χ1) is 21.0. The van der Waals surface area contributed by atoms with Crippen LogP contribution >= 0.6 is 23.4 Å². The van der Waals surface area contributed by atoms with E-state index in [0.29, 0.717) is 39.2 Å². The van der Waals surface area contributed by atoms with E-state index in [-0.39, 0.29) is 28.7 Å². The van der Waals surface area contributed by atoms with Crippen LogP contribution in [0.15, 0.2) is 59.8 Å². The molecule has 4 rings (SSSR count). The number of H-pyrrole nitrogens is 1. The summed E-state index contributed by atoms with van der Waals surface area (Å²) >= 11 is 7.35. The van der Waals surface area contributed by atoms with E-state index in [4.69, 9.17) is 25.5 Å². The Balaban J connectivity index is 1.56. The largest absolute Gasteiger partial charge is 0.495 e. The van der Waals surface area contributed by atoms with E-state index in [1.807, 2.05) is 19.9 Å². The van der Waals surface area contributed by atoms with Crippen LogP contribution in [0.2, 0.25) is 23.2 Å². The highest BCUT2D eigenvalue weighted by atomic mass is 35.5. The zero-order valence-corrected chi connectivity index (χ0v) is 29.5. The molecule has 0 fully saturated rings. The van der Waals surface area contributed by atoms with Crippen molar-refractivity contribution in [2.45, 2.75) is 68.8 Å². The number of benzene rings is 3. The lowest BCUT2D eigenvalue weighted by Gasteiger charge is -2.36. The van der Waals surface area contributed by atoms with Crippen LogP contribution in [0.25, 0.3) is 11.4 Å². The molecule has 0 aliphatic rings. The highest BCUT2D eigenvalue weighted by molar-refractivity contribution is 7.98. The maximum Gasteiger partial charge on any atom is 0.192 e. The van der Waals surface area contributed by atoms with Gasteiger partial charge < -0.3 is 18.9 Å². The molecule has 1 N–H and O–H groups in total. The maximum atomic E-state index is 15.9. The summed E-state index contributed by atoms with van der Waals surface area (Å²) in [5.41, 5.74) is 0.910. The molecule has 0 aliphatic carbocycles. The van der Waals surface area contributed by atoms with Gasteiger partial charge in [-0.1, -0.05) is 52.3 Å². The summed E-state index contributed by atoms with van der Waals surface area (Å²) in [4.78, 5) is 7.93. The normalized spacial score (nSPS) is 12.4. The molecule has 0 saturated carbocycles. The molecule has 4 aromatic rings. The highest BCUT2D eigenvalue weighted by Crippen LogP contribution is 2.42. The van der Waals surface area contributed by atoms with Crippen molar-refractivity contribution in [2.75, 3.05) is 20.3 Å². The number of halogens is 4.